The van der Waals surface area contributed by atoms with E-state index in [9.17, 15) is 0 Å². The first kappa shape index (κ1) is 15.0. The molecule has 23 heavy (non-hydrogen) atoms. The molecule has 2 nitrogen and oxygen atoms in total. The fourth-order valence-electron chi connectivity index (χ4n) is 4.31. The molecule has 1 spiro atoms. The quantitative estimate of drug-likeness (QED) is 0.828. The number of halogens is 1. The molecule has 0 N–H and O–H groups in total. The fourth-order valence-corrected chi connectivity index (χ4v) is 4.48. The summed E-state index contributed by atoms with van der Waals surface area (Å²) in [7, 11) is 0. The van der Waals surface area contributed by atoms with E-state index in [0.29, 0.717) is 0 Å². The van der Waals surface area contributed by atoms with Crippen molar-refractivity contribution in [2.45, 2.75) is 25.3 Å². The Morgan fingerprint density at radius 2 is 1.91 bits per heavy atom. The molecule has 3 heteroatoms. The summed E-state index contributed by atoms with van der Waals surface area (Å²) in [5.41, 5.74) is 4.51. The van der Waals surface area contributed by atoms with E-state index < -0.39 is 0 Å². The summed E-state index contributed by atoms with van der Waals surface area (Å²) in [6.07, 6.45) is 1.23. The molecule has 0 radical (unpaired) electrons. The van der Waals surface area contributed by atoms with Gasteiger partial charge in [0.2, 0.25) is 0 Å². The lowest BCUT2D eigenvalue weighted by Crippen LogP contribution is -2.36. The van der Waals surface area contributed by atoms with Gasteiger partial charge in [-0.05, 0) is 49.2 Å². The monoisotopic (exact) mass is 326 g/mol. The molecule has 0 aromatic heterocycles. The van der Waals surface area contributed by atoms with Gasteiger partial charge in [-0.1, -0.05) is 41.9 Å². The number of likely N-dealkylation sites (tertiary alicyclic amines) is 1. The maximum Gasteiger partial charge on any atom is 0.0410 e. The van der Waals surface area contributed by atoms with Crippen LogP contribution in [0.15, 0.2) is 48.5 Å². The van der Waals surface area contributed by atoms with Crippen LogP contribution < -0.4 is 4.90 Å². The van der Waals surface area contributed by atoms with Crippen LogP contribution in [0.3, 0.4) is 0 Å². The number of rotatable bonds is 3. The van der Waals surface area contributed by atoms with Gasteiger partial charge in [0.25, 0.3) is 0 Å². The number of hydrogen-bond donors (Lipinski definition) is 0. The molecule has 120 valence electrons. The van der Waals surface area contributed by atoms with Gasteiger partial charge < -0.3 is 4.90 Å². The van der Waals surface area contributed by atoms with Crippen molar-refractivity contribution in [1.29, 1.82) is 0 Å². The Kier molecular flexibility index (Phi) is 3.82. The number of fused-ring (bicyclic) bond motifs is 2. The van der Waals surface area contributed by atoms with Gasteiger partial charge in [-0.15, -0.1) is 0 Å². The third-order valence-corrected chi connectivity index (χ3v) is 5.66. The molecule has 0 aliphatic carbocycles. The maximum atomic E-state index is 6.31. The van der Waals surface area contributed by atoms with Crippen molar-refractivity contribution < 1.29 is 0 Å². The second-order valence-corrected chi connectivity index (χ2v) is 7.34. The van der Waals surface area contributed by atoms with Crippen LogP contribution in [0.4, 0.5) is 5.69 Å². The maximum absolute atomic E-state index is 6.31. The van der Waals surface area contributed by atoms with E-state index in [2.05, 4.69) is 59.2 Å². The summed E-state index contributed by atoms with van der Waals surface area (Å²) in [4.78, 5) is 5.11. The molecule has 1 fully saturated rings. The topological polar surface area (TPSA) is 6.48 Å². The molecule has 2 aliphatic heterocycles. The molecule has 2 aliphatic rings. The molecule has 2 aromatic carbocycles. The van der Waals surface area contributed by atoms with Crippen LogP contribution in [0.5, 0.6) is 0 Å². The Labute approximate surface area is 143 Å². The van der Waals surface area contributed by atoms with Crippen LogP contribution in [0.25, 0.3) is 0 Å². The van der Waals surface area contributed by atoms with Crippen molar-refractivity contribution in [3.8, 4) is 0 Å². The van der Waals surface area contributed by atoms with Crippen LogP contribution in [0.2, 0.25) is 5.02 Å². The largest absolute Gasteiger partial charge is 0.371 e. The smallest absolute Gasteiger partial charge is 0.0410 e. The zero-order valence-corrected chi connectivity index (χ0v) is 14.4. The molecule has 2 aromatic rings. The molecule has 0 bridgehead atoms. The van der Waals surface area contributed by atoms with E-state index in [4.69, 9.17) is 11.6 Å². The summed E-state index contributed by atoms with van der Waals surface area (Å²) in [5.74, 6) is 0. The summed E-state index contributed by atoms with van der Waals surface area (Å²) >= 11 is 6.31. The van der Waals surface area contributed by atoms with Gasteiger partial charge in [0.15, 0.2) is 0 Å². The van der Waals surface area contributed by atoms with Crippen LogP contribution in [0.1, 0.15) is 24.5 Å². The Balaban J connectivity index is 1.60. The average molecular weight is 327 g/mol. The van der Waals surface area contributed by atoms with Crippen LogP contribution >= 0.6 is 11.6 Å². The molecular formula is C20H23ClN2. The lowest BCUT2D eigenvalue weighted by molar-refractivity contribution is 0.307. The summed E-state index contributed by atoms with van der Waals surface area (Å²) in [6.45, 7) is 7.78. The standard InChI is InChI=1S/C20H23ClN2/c1-2-23-15-20(18-12-17(21)8-9-19(18)23)10-11-22(14-20)13-16-6-4-3-5-7-16/h3-9,12H,2,10-11,13-15H2,1H3/t20-/m0/s1. The summed E-state index contributed by atoms with van der Waals surface area (Å²) in [6, 6.07) is 17.2. The second kappa shape index (κ2) is 5.85. The van der Waals surface area contributed by atoms with E-state index in [1.165, 1.54) is 29.8 Å². The summed E-state index contributed by atoms with van der Waals surface area (Å²) in [5, 5.41) is 0.864. The first-order valence-corrected chi connectivity index (χ1v) is 8.89. The van der Waals surface area contributed by atoms with E-state index in [1.54, 1.807) is 0 Å². The lowest BCUT2D eigenvalue weighted by Gasteiger charge is -2.26. The predicted octanol–water partition coefficient (Wildman–Crippen LogP) is 4.32. The van der Waals surface area contributed by atoms with Crippen LogP contribution in [-0.4, -0.2) is 31.1 Å². The minimum absolute atomic E-state index is 0.255. The normalized spacial score (nSPS) is 23.7. The van der Waals surface area contributed by atoms with Crippen LogP contribution in [-0.2, 0) is 12.0 Å². The van der Waals surface area contributed by atoms with E-state index >= 15 is 0 Å². The number of anilines is 1. The summed E-state index contributed by atoms with van der Waals surface area (Å²) < 4.78 is 0. The minimum Gasteiger partial charge on any atom is -0.371 e. The van der Waals surface area contributed by atoms with Gasteiger partial charge >= 0.3 is 0 Å². The zero-order chi connectivity index (χ0) is 15.9. The van der Waals surface area contributed by atoms with Crippen molar-refractivity contribution in [3.63, 3.8) is 0 Å². The zero-order valence-electron chi connectivity index (χ0n) is 13.6. The predicted molar refractivity (Wildman–Crippen MR) is 97.4 cm³/mol. The van der Waals surface area contributed by atoms with Gasteiger partial charge in [-0.25, -0.2) is 0 Å². The Hall–Kier alpha value is -1.51. The van der Waals surface area contributed by atoms with Crippen molar-refractivity contribution in [2.75, 3.05) is 31.1 Å². The second-order valence-electron chi connectivity index (χ2n) is 6.90. The van der Waals surface area contributed by atoms with Gasteiger partial charge in [0.1, 0.15) is 0 Å². The van der Waals surface area contributed by atoms with Crippen LogP contribution in [0, 0.1) is 0 Å². The molecule has 1 saturated heterocycles. The molecule has 0 saturated carbocycles. The molecule has 4 rings (SSSR count). The highest BCUT2D eigenvalue weighted by atomic mass is 35.5. The number of benzene rings is 2. The Morgan fingerprint density at radius 3 is 2.70 bits per heavy atom. The number of likely N-dealkylation sites (N-methyl/N-ethyl adjacent to an activating group) is 1. The molecule has 1 atom stereocenters. The number of hydrogen-bond acceptors (Lipinski definition) is 2. The highest BCUT2D eigenvalue weighted by Crippen LogP contribution is 2.47. The first-order valence-electron chi connectivity index (χ1n) is 8.51. The molecule has 0 amide bonds. The van der Waals surface area contributed by atoms with Gasteiger partial charge in [-0.2, -0.15) is 0 Å². The SMILES string of the molecule is CCN1C[C@@]2(CCN(Cc3ccccc3)C2)c2cc(Cl)ccc21. The van der Waals surface area contributed by atoms with Crippen molar-refractivity contribution >= 4 is 17.3 Å². The molecule has 0 unspecified atom stereocenters. The highest BCUT2D eigenvalue weighted by Gasteiger charge is 2.46. The first-order chi connectivity index (χ1) is 11.2. The minimum atomic E-state index is 0.255. The molecular weight excluding hydrogens is 304 g/mol. The van der Waals surface area contributed by atoms with Gasteiger partial charge in [-0.3, -0.25) is 4.90 Å². The lowest BCUT2D eigenvalue weighted by atomic mass is 9.81. The third kappa shape index (κ3) is 2.64. The van der Waals surface area contributed by atoms with E-state index in [0.717, 1.165) is 31.2 Å². The highest BCUT2D eigenvalue weighted by molar-refractivity contribution is 6.30. The third-order valence-electron chi connectivity index (χ3n) is 5.43. The Bertz CT molecular complexity index is 700. The molecule has 2 heterocycles. The van der Waals surface area contributed by atoms with Crippen molar-refractivity contribution in [1.82, 2.24) is 4.90 Å². The van der Waals surface area contributed by atoms with Gasteiger partial charge in [0, 0.05) is 42.3 Å². The van der Waals surface area contributed by atoms with Crippen molar-refractivity contribution in [3.05, 3.63) is 64.7 Å². The Morgan fingerprint density at radius 1 is 1.09 bits per heavy atom. The average Bonchev–Trinajstić information content (AvgIpc) is 3.11. The van der Waals surface area contributed by atoms with Crippen molar-refractivity contribution in [2.24, 2.45) is 0 Å². The van der Waals surface area contributed by atoms with Gasteiger partial charge in [0.05, 0.1) is 0 Å². The van der Waals surface area contributed by atoms with E-state index in [-0.39, 0.29) is 5.41 Å². The van der Waals surface area contributed by atoms with E-state index in [1.807, 2.05) is 6.07 Å². The number of nitrogens with zero attached hydrogens (tertiary/aromatic N) is 2. The fraction of sp³-hybridized carbons (Fsp3) is 0.400.